The number of nitrogens with zero attached hydrogens (tertiary/aromatic N) is 6. The summed E-state index contributed by atoms with van der Waals surface area (Å²) >= 11 is 28.6. The number of aliphatic hydroxyl groups is 4. The number of ether oxygens (including phenoxy) is 6. The number of halogens is 4. The highest BCUT2D eigenvalue weighted by Gasteiger charge is 2.59. The Bertz CT molecular complexity index is 5630. The van der Waals surface area contributed by atoms with Gasteiger partial charge in [-0.15, -0.1) is 0 Å². The number of carbonyl (C=O) groups excluding carboxylic acids is 8. The van der Waals surface area contributed by atoms with Crippen molar-refractivity contribution >= 4 is 105 Å². The summed E-state index contributed by atoms with van der Waals surface area (Å²) in [6.45, 7) is 22.9. The molecule has 8 aromatic rings. The fourth-order valence-electron chi connectivity index (χ4n) is 19.0. The number of benzene rings is 8. The molecule has 2 spiro atoms. The number of aliphatic hydroxyl groups excluding tert-OH is 4. The lowest BCUT2D eigenvalue weighted by molar-refractivity contribution is -0.123. The molecular formula is C102H120Cl4N8O18. The summed E-state index contributed by atoms with van der Waals surface area (Å²) in [5.74, 6) is 0.346. The van der Waals surface area contributed by atoms with Gasteiger partial charge in [0.25, 0.3) is 0 Å². The molecule has 14 rings (SSSR count). The number of nitrogens with one attached hydrogen (secondary N) is 2. The molecule has 6 aliphatic heterocycles. The van der Waals surface area contributed by atoms with Crippen LogP contribution in [0.3, 0.4) is 0 Å². The van der Waals surface area contributed by atoms with Gasteiger partial charge in [-0.1, -0.05) is 60.3 Å². The van der Waals surface area contributed by atoms with E-state index in [4.69, 9.17) is 74.8 Å². The summed E-state index contributed by atoms with van der Waals surface area (Å²) in [5.41, 5.74) is 10.7. The van der Waals surface area contributed by atoms with Gasteiger partial charge in [0, 0.05) is 187 Å². The van der Waals surface area contributed by atoms with Crippen LogP contribution >= 0.6 is 46.4 Å². The Balaban J connectivity index is 0.000000225. The number of aryl methyl sites for hydroxylation is 6. The molecule has 2 amide bonds. The van der Waals surface area contributed by atoms with E-state index in [1.807, 2.05) is 114 Å². The van der Waals surface area contributed by atoms with Gasteiger partial charge in [0.1, 0.15) is 58.3 Å². The molecular weight excluding hydrogens is 1770 g/mol. The average molecular weight is 1890 g/mol. The summed E-state index contributed by atoms with van der Waals surface area (Å²) in [6, 6.07) is 25.1. The first-order chi connectivity index (χ1) is 63.0. The van der Waals surface area contributed by atoms with Gasteiger partial charge in [-0.2, -0.15) is 0 Å². The second kappa shape index (κ2) is 42.7. The lowest BCUT2D eigenvalue weighted by Gasteiger charge is -2.38. The van der Waals surface area contributed by atoms with Crippen molar-refractivity contribution in [3.8, 4) is 34.5 Å². The minimum Gasteiger partial charge on any atom is -0.490 e. The Morgan fingerprint density at radius 1 is 0.455 bits per heavy atom. The van der Waals surface area contributed by atoms with Gasteiger partial charge in [0.15, 0.2) is 22.8 Å². The van der Waals surface area contributed by atoms with Crippen molar-refractivity contribution in [2.75, 3.05) is 131 Å². The first-order valence-corrected chi connectivity index (χ1v) is 46.8. The fraction of sp³-hybridized carbons (Fsp3) is 0.451. The number of esters is 2. The van der Waals surface area contributed by atoms with Gasteiger partial charge in [0.2, 0.25) is 11.8 Å². The highest BCUT2D eigenvalue weighted by atomic mass is 35.5. The maximum Gasteiger partial charge on any atom is 0.341 e. The van der Waals surface area contributed by atoms with Crippen LogP contribution in [-0.2, 0) is 92.0 Å². The lowest BCUT2D eigenvalue weighted by Crippen LogP contribution is -2.46. The molecule has 6 aliphatic rings. The number of rotatable bonds is 36. The van der Waals surface area contributed by atoms with Crippen molar-refractivity contribution in [3.63, 3.8) is 0 Å². The lowest BCUT2D eigenvalue weighted by atomic mass is 9.75. The number of anilines is 2. The van der Waals surface area contributed by atoms with Gasteiger partial charge >= 0.3 is 11.9 Å². The van der Waals surface area contributed by atoms with Crippen LogP contribution in [0.2, 0.25) is 20.1 Å². The number of hydrogen-bond donors (Lipinski definition) is 6. The van der Waals surface area contributed by atoms with Gasteiger partial charge in [-0.3, -0.25) is 38.6 Å². The van der Waals surface area contributed by atoms with E-state index in [1.165, 1.54) is 12.1 Å². The predicted octanol–water partition coefficient (Wildman–Crippen LogP) is 15.0. The van der Waals surface area contributed by atoms with E-state index in [9.17, 15) is 58.8 Å². The summed E-state index contributed by atoms with van der Waals surface area (Å²) in [5, 5.41) is 47.6. The molecule has 132 heavy (non-hydrogen) atoms. The number of likely N-dealkylation sites (N-methyl/N-ethyl adjacent to an activating group) is 2. The second-order valence-electron chi connectivity index (χ2n) is 35.9. The average Bonchev–Trinajstić information content (AvgIpc) is 1.51. The van der Waals surface area contributed by atoms with Crippen LogP contribution in [0.15, 0.2) is 84.9 Å². The SMILES string of the molecule is CCc1cc2c(cc1C)C1(OC(=O)c3c(Cl)c(C(=O)CCc4c(CO)cc(OC(C)CC(=O)NCCCC(=O)CN5CCN(C)CC5)cc4CO)cc(Cl)c31)c1cc(C)c(CC)cc1O2.Cc1cc2c(cc1N(C)C)Oc1cc(N(C)C)c(C)cc1C21OC(=O)c2c(Cl)c(C(=O)CCc3c(CO)cc(OC(C)CC(=O)NCCCC(=O)CN4CCN(C)CC4)cc3CO)cc(Cl)c21. The van der Waals surface area contributed by atoms with E-state index in [0.717, 1.165) is 110 Å². The molecule has 2 unspecified atom stereocenters. The molecule has 2 saturated heterocycles. The van der Waals surface area contributed by atoms with E-state index in [0.29, 0.717) is 153 Å². The highest BCUT2D eigenvalue weighted by molar-refractivity contribution is 6.41. The van der Waals surface area contributed by atoms with Gasteiger partial charge in [-0.05, 0) is 234 Å². The quantitative estimate of drug-likeness (QED) is 0.0121. The van der Waals surface area contributed by atoms with Crippen LogP contribution < -0.4 is 39.4 Å². The Kier molecular flexibility index (Phi) is 32.1. The molecule has 6 N–H and O–H groups in total. The third-order valence-electron chi connectivity index (χ3n) is 26.0. The predicted molar refractivity (Wildman–Crippen MR) is 509 cm³/mol. The van der Waals surface area contributed by atoms with Crippen LogP contribution in [-0.4, -0.2) is 220 Å². The minimum atomic E-state index is -1.55. The maximum absolute atomic E-state index is 14.2. The van der Waals surface area contributed by atoms with Crippen molar-refractivity contribution in [2.24, 2.45) is 0 Å². The number of hydrogen-bond acceptors (Lipinski definition) is 24. The van der Waals surface area contributed by atoms with Gasteiger partial charge < -0.3 is 79.1 Å². The summed E-state index contributed by atoms with van der Waals surface area (Å²) in [4.78, 5) is 120. The maximum atomic E-state index is 14.2. The highest BCUT2D eigenvalue weighted by Crippen LogP contribution is 2.63. The number of piperazine rings is 2. The van der Waals surface area contributed by atoms with Crippen LogP contribution in [0, 0.1) is 27.7 Å². The Labute approximate surface area is 792 Å². The first-order valence-electron chi connectivity index (χ1n) is 45.3. The summed E-state index contributed by atoms with van der Waals surface area (Å²) in [7, 11) is 11.9. The molecule has 30 heteroatoms. The summed E-state index contributed by atoms with van der Waals surface area (Å²) < 4.78 is 38.2. The molecule has 0 bridgehead atoms. The van der Waals surface area contributed by atoms with E-state index in [-0.39, 0.29) is 104 Å². The molecule has 6 heterocycles. The molecule has 0 aliphatic carbocycles. The van der Waals surface area contributed by atoms with Crippen molar-refractivity contribution < 1.29 is 87.2 Å². The third-order valence-corrected chi connectivity index (χ3v) is 27.4. The van der Waals surface area contributed by atoms with E-state index >= 15 is 0 Å². The normalized spacial score (nSPS) is 15.7. The third kappa shape index (κ3) is 21.1. The molecule has 26 nitrogen and oxygen atoms in total. The van der Waals surface area contributed by atoms with Gasteiger partial charge in [-0.25, -0.2) is 9.59 Å². The first kappa shape index (κ1) is 99.4. The molecule has 704 valence electrons. The Morgan fingerprint density at radius 3 is 1.10 bits per heavy atom. The van der Waals surface area contributed by atoms with Crippen molar-refractivity contribution in [3.05, 3.63) is 227 Å². The molecule has 8 aromatic carbocycles. The number of fused-ring (bicyclic) bond motifs is 12. The number of amides is 2. The second-order valence-corrected chi connectivity index (χ2v) is 37.5. The molecule has 0 saturated carbocycles. The zero-order chi connectivity index (χ0) is 95.2. The van der Waals surface area contributed by atoms with Crippen molar-refractivity contribution in [2.45, 2.75) is 182 Å². The molecule has 2 atom stereocenters. The number of carbonyl (C=O) groups is 8. The van der Waals surface area contributed by atoms with Crippen LogP contribution in [0.1, 0.15) is 221 Å². The zero-order valence-electron chi connectivity index (χ0n) is 77.7. The van der Waals surface area contributed by atoms with Crippen LogP contribution in [0.5, 0.6) is 34.5 Å². The van der Waals surface area contributed by atoms with E-state index < -0.39 is 73.3 Å². The van der Waals surface area contributed by atoms with E-state index in [2.05, 4.69) is 58.2 Å². The monoisotopic (exact) mass is 1880 g/mol. The fourth-order valence-corrected chi connectivity index (χ4v) is 20.3. The minimum absolute atomic E-state index is 0.0109. The standard InChI is InChI=1S/C51H61Cl2N5O9.C51H59Cl2N3O9/c1-29-18-38-44(24-41(29)55(4)5)66-45-25-42(56(6)7)30(2)19-39(45)51(38)48-40(52)23-37(49(53)47(48)50(64)67-51)43(62)12-11-36-32(27-59)21-35(22-33(36)28-60)65-31(3)20-46(63)54-13-9-10-34(61)26-58-16-14-57(8)15-17-58;1-7-32-23-44-40(18-29(32)3)51(41-19-30(4)33(8-2)24-45(41)64-44)48-42(52)25-39(49(53)47(48)50(62)65-51)43(60)12-11-38-34(27-57)21-37(22-35(38)28-58)63-31(5)20-46(61)54-13-9-10-36(59)26-56-16-14-55(6)15-17-56/h18-19,21-25,31,59-60H,9-17,20,26-28H2,1-8H3,(H,54,63);18-19,21-25,31,57-58H,7-17,20,26-28H2,1-6H3,(H,54,61). The topological polar surface area (TPSA) is 316 Å². The van der Waals surface area contributed by atoms with Crippen LogP contribution in [0.25, 0.3) is 0 Å². The molecule has 0 radical (unpaired) electrons. The van der Waals surface area contributed by atoms with Crippen molar-refractivity contribution in [1.29, 1.82) is 0 Å². The molecule has 0 aromatic heterocycles. The number of Topliss-reactive ketones (excluding diaryl/α,β-unsaturated/α-hetero) is 4. The van der Waals surface area contributed by atoms with Crippen LogP contribution in [0.4, 0.5) is 11.4 Å². The Morgan fingerprint density at radius 2 is 0.780 bits per heavy atom. The van der Waals surface area contributed by atoms with Gasteiger partial charge in [0.05, 0.1) is 83.6 Å². The molecule has 2 fully saturated rings. The zero-order valence-corrected chi connectivity index (χ0v) is 80.8. The Hall–Kier alpha value is -10.0. The van der Waals surface area contributed by atoms with E-state index in [1.54, 1.807) is 38.1 Å². The van der Waals surface area contributed by atoms with Crippen molar-refractivity contribution in [1.82, 2.24) is 30.2 Å². The summed E-state index contributed by atoms with van der Waals surface area (Å²) in [6.07, 6.45) is 2.47. The smallest absolute Gasteiger partial charge is 0.341 e. The largest absolute Gasteiger partial charge is 0.490 e. The number of ketones is 4.